The third kappa shape index (κ3) is 1.89. The lowest BCUT2D eigenvalue weighted by Gasteiger charge is -2.06. The number of benzene rings is 2. The van der Waals surface area contributed by atoms with E-state index in [1.165, 1.54) is 27.5 Å². The summed E-state index contributed by atoms with van der Waals surface area (Å²) in [7, 11) is -1.32. The van der Waals surface area contributed by atoms with Crippen LogP contribution in [-0.4, -0.2) is 8.07 Å². The average Bonchev–Trinajstić information content (AvgIpc) is 2.73. The smallest absolute Gasteiger partial charge is 0.127 e. The van der Waals surface area contributed by atoms with Gasteiger partial charge in [0, 0.05) is 5.56 Å². The van der Waals surface area contributed by atoms with E-state index in [0.717, 1.165) is 0 Å². The predicted molar refractivity (Wildman–Crippen MR) is 83.1 cm³/mol. The van der Waals surface area contributed by atoms with Gasteiger partial charge in [0.25, 0.3) is 0 Å². The van der Waals surface area contributed by atoms with Crippen molar-refractivity contribution >= 4 is 31.0 Å². The lowest BCUT2D eigenvalue weighted by Crippen LogP contribution is -2.16. The van der Waals surface area contributed by atoms with Crippen LogP contribution in [0, 0.1) is 11.5 Å². The molecule has 3 rings (SSSR count). The molecule has 0 saturated carbocycles. The van der Waals surface area contributed by atoms with E-state index >= 15 is 0 Å². The van der Waals surface area contributed by atoms with Gasteiger partial charge in [-0.1, -0.05) is 62.0 Å². The van der Waals surface area contributed by atoms with Gasteiger partial charge in [0.15, 0.2) is 0 Å². The van der Waals surface area contributed by atoms with Crippen LogP contribution in [0.2, 0.25) is 19.6 Å². The molecule has 0 aromatic heterocycles. The normalized spacial score (nSPS) is 12.6. The van der Waals surface area contributed by atoms with Gasteiger partial charge in [-0.3, -0.25) is 0 Å². The second-order valence-electron chi connectivity index (χ2n) is 5.81. The minimum atomic E-state index is -1.32. The molecule has 0 fully saturated rings. The fourth-order valence-corrected chi connectivity index (χ4v) is 2.79. The molecule has 0 saturated heterocycles. The Hall–Kier alpha value is -1.78. The lowest BCUT2D eigenvalue weighted by molar-refractivity contribution is 1.68. The Kier molecular flexibility index (Phi) is 2.43. The largest absolute Gasteiger partial charge is 0.129 e. The Balaban J connectivity index is 2.25. The molecular weight excluding hydrogens is 232 g/mol. The Labute approximate surface area is 109 Å². The average molecular weight is 248 g/mol. The molecule has 2 aromatic rings. The van der Waals surface area contributed by atoms with Crippen LogP contribution in [0.1, 0.15) is 16.7 Å². The Morgan fingerprint density at radius 1 is 0.889 bits per heavy atom. The van der Waals surface area contributed by atoms with E-state index < -0.39 is 8.07 Å². The predicted octanol–water partition coefficient (Wildman–Crippen LogP) is 4.55. The van der Waals surface area contributed by atoms with Crippen molar-refractivity contribution in [2.24, 2.45) is 0 Å². The molecule has 0 radical (unpaired) electrons. The summed E-state index contributed by atoms with van der Waals surface area (Å²) in [4.78, 5) is 0. The second-order valence-corrected chi connectivity index (χ2v) is 10.6. The van der Waals surface area contributed by atoms with Crippen molar-refractivity contribution in [2.75, 3.05) is 0 Å². The first kappa shape index (κ1) is 11.3. The summed E-state index contributed by atoms with van der Waals surface area (Å²) in [5, 5.41) is 2.65. The first-order valence-corrected chi connectivity index (χ1v) is 9.82. The molecule has 1 aliphatic rings. The highest BCUT2D eigenvalue weighted by atomic mass is 28.3. The molecule has 0 heterocycles. The fraction of sp³-hybridized carbons (Fsp3) is 0.176. The van der Waals surface area contributed by atoms with E-state index in [1.54, 1.807) is 0 Å². The zero-order chi connectivity index (χ0) is 12.8. The molecular formula is C17H16Si. The van der Waals surface area contributed by atoms with Gasteiger partial charge in [0.2, 0.25) is 0 Å². The Bertz CT molecular complexity index is 707. The van der Waals surface area contributed by atoms with E-state index in [4.69, 9.17) is 0 Å². The van der Waals surface area contributed by atoms with Crippen LogP contribution in [0.3, 0.4) is 0 Å². The highest BCUT2D eigenvalue weighted by Crippen LogP contribution is 2.32. The minimum absolute atomic E-state index is 1.17. The number of rotatable bonds is 0. The van der Waals surface area contributed by atoms with Crippen LogP contribution in [0.25, 0.3) is 22.9 Å². The third-order valence-electron chi connectivity index (χ3n) is 3.12. The van der Waals surface area contributed by atoms with Crippen LogP contribution in [0.4, 0.5) is 0 Å². The molecule has 0 N–H and O–H groups in total. The van der Waals surface area contributed by atoms with E-state index in [2.05, 4.69) is 73.6 Å². The van der Waals surface area contributed by atoms with E-state index in [0.29, 0.717) is 0 Å². The van der Waals surface area contributed by atoms with Gasteiger partial charge in [0.1, 0.15) is 8.07 Å². The zero-order valence-corrected chi connectivity index (χ0v) is 12.0. The van der Waals surface area contributed by atoms with Crippen molar-refractivity contribution in [2.45, 2.75) is 19.6 Å². The maximum atomic E-state index is 3.46. The van der Waals surface area contributed by atoms with Crippen molar-refractivity contribution in [1.29, 1.82) is 0 Å². The molecule has 0 amide bonds. The molecule has 1 aliphatic carbocycles. The van der Waals surface area contributed by atoms with Gasteiger partial charge < -0.3 is 0 Å². The number of hydrogen-bond acceptors (Lipinski definition) is 0. The van der Waals surface area contributed by atoms with Crippen molar-refractivity contribution in [3.8, 4) is 11.5 Å². The van der Waals surface area contributed by atoms with Crippen LogP contribution >= 0.6 is 0 Å². The standard InChI is InChI=1S/C17H16Si/c1-18(2,3)12-11-13-7-8-15-10-9-14-5-4-6-16(13)17(14)15/h4-10H,1-3H3. The fourth-order valence-electron chi connectivity index (χ4n) is 2.28. The molecule has 0 spiro atoms. The Morgan fingerprint density at radius 2 is 1.61 bits per heavy atom. The summed E-state index contributed by atoms with van der Waals surface area (Å²) >= 11 is 0. The summed E-state index contributed by atoms with van der Waals surface area (Å²) in [6, 6.07) is 10.8. The monoisotopic (exact) mass is 248 g/mol. The SMILES string of the molecule is C[Si](C)(C)C#Cc1ccc2c3c(cccc13)C=C2. The molecule has 0 bridgehead atoms. The van der Waals surface area contributed by atoms with Crippen LogP contribution < -0.4 is 0 Å². The van der Waals surface area contributed by atoms with Crippen molar-refractivity contribution in [3.63, 3.8) is 0 Å². The van der Waals surface area contributed by atoms with Gasteiger partial charge in [0.05, 0.1) is 0 Å². The van der Waals surface area contributed by atoms with Crippen LogP contribution in [0.5, 0.6) is 0 Å². The molecule has 0 aliphatic heterocycles. The molecule has 0 unspecified atom stereocenters. The summed E-state index contributed by atoms with van der Waals surface area (Å²) < 4.78 is 0. The lowest BCUT2D eigenvalue weighted by atomic mass is 10.00. The van der Waals surface area contributed by atoms with Crippen molar-refractivity contribution in [1.82, 2.24) is 0 Å². The zero-order valence-electron chi connectivity index (χ0n) is 11.0. The molecule has 88 valence electrons. The first-order chi connectivity index (χ1) is 8.54. The van der Waals surface area contributed by atoms with Gasteiger partial charge in [-0.25, -0.2) is 0 Å². The molecule has 2 aromatic carbocycles. The third-order valence-corrected chi connectivity index (χ3v) is 3.99. The minimum Gasteiger partial charge on any atom is -0.127 e. The summed E-state index contributed by atoms with van der Waals surface area (Å²) in [6.45, 7) is 6.84. The summed E-state index contributed by atoms with van der Waals surface area (Å²) in [5.41, 5.74) is 7.26. The van der Waals surface area contributed by atoms with E-state index in [1.807, 2.05) is 0 Å². The molecule has 0 atom stereocenters. The summed E-state index contributed by atoms with van der Waals surface area (Å²) in [5.74, 6) is 3.39. The summed E-state index contributed by atoms with van der Waals surface area (Å²) in [6.07, 6.45) is 4.38. The highest BCUT2D eigenvalue weighted by Gasteiger charge is 2.11. The molecule has 18 heavy (non-hydrogen) atoms. The van der Waals surface area contributed by atoms with Crippen molar-refractivity contribution < 1.29 is 0 Å². The topological polar surface area (TPSA) is 0 Å². The maximum absolute atomic E-state index is 3.46. The van der Waals surface area contributed by atoms with E-state index in [9.17, 15) is 0 Å². The number of hydrogen-bond donors (Lipinski definition) is 0. The van der Waals surface area contributed by atoms with Gasteiger partial charge in [-0.2, -0.15) is 0 Å². The quantitative estimate of drug-likeness (QED) is 0.404. The first-order valence-electron chi connectivity index (χ1n) is 6.32. The Morgan fingerprint density at radius 3 is 2.33 bits per heavy atom. The van der Waals surface area contributed by atoms with Gasteiger partial charge in [-0.05, 0) is 28.0 Å². The van der Waals surface area contributed by atoms with Crippen LogP contribution in [-0.2, 0) is 0 Å². The van der Waals surface area contributed by atoms with Gasteiger partial charge in [-0.15, -0.1) is 5.54 Å². The molecule has 1 heteroatoms. The van der Waals surface area contributed by atoms with E-state index in [-0.39, 0.29) is 0 Å². The van der Waals surface area contributed by atoms with Gasteiger partial charge >= 0.3 is 0 Å². The maximum Gasteiger partial charge on any atom is 0.129 e. The second kappa shape index (κ2) is 3.86. The molecule has 0 nitrogen and oxygen atoms in total. The highest BCUT2D eigenvalue weighted by molar-refractivity contribution is 6.83. The van der Waals surface area contributed by atoms with Crippen molar-refractivity contribution in [3.05, 3.63) is 47.0 Å². The van der Waals surface area contributed by atoms with Crippen LogP contribution in [0.15, 0.2) is 30.3 Å².